The van der Waals surface area contributed by atoms with Crippen LogP contribution in [0.4, 0.5) is 11.8 Å². The molecule has 1 fully saturated rings. The Morgan fingerprint density at radius 1 is 0.808 bits per heavy atom. The van der Waals surface area contributed by atoms with Gasteiger partial charge in [-0.1, -0.05) is 60.7 Å². The molecule has 9 rings (SSSR count). The number of benzene rings is 1. The molecular weight excluding hydrogens is 927 g/mol. The molecule has 1 atom stereocenters. The Hall–Kier alpha value is -8.47. The van der Waals surface area contributed by atoms with E-state index in [4.69, 9.17) is 24.4 Å². The first kappa shape index (κ1) is 49.5. The Labute approximate surface area is 423 Å². The highest BCUT2D eigenvalue weighted by atomic mass is 16.5. The highest BCUT2D eigenvalue weighted by Gasteiger charge is 2.45. The molecule has 20 heteroatoms. The van der Waals surface area contributed by atoms with Crippen LogP contribution < -0.4 is 14.5 Å². The van der Waals surface area contributed by atoms with Crippen molar-refractivity contribution in [2.45, 2.75) is 103 Å². The number of hydrogen-bond acceptors (Lipinski definition) is 17. The van der Waals surface area contributed by atoms with Crippen molar-refractivity contribution in [3.05, 3.63) is 126 Å². The number of carbonyl (C=O) groups excluding carboxylic acids is 3. The second-order valence-electron chi connectivity index (χ2n) is 18.8. The van der Waals surface area contributed by atoms with Crippen LogP contribution in [0.5, 0.6) is 11.6 Å². The van der Waals surface area contributed by atoms with Gasteiger partial charge >= 0.3 is 5.97 Å². The van der Waals surface area contributed by atoms with Gasteiger partial charge in [0.25, 0.3) is 0 Å². The fourth-order valence-electron chi connectivity index (χ4n) is 9.22. The fraction of sp³-hybridized carbons (Fsp3) is 0.377. The number of aromatic nitrogens is 11. The highest BCUT2D eigenvalue weighted by Crippen LogP contribution is 2.40. The number of fused-ring (bicyclic) bond motifs is 1. The molecule has 20 nitrogen and oxygen atoms in total. The van der Waals surface area contributed by atoms with Crippen LogP contribution in [0.2, 0.25) is 0 Å². The van der Waals surface area contributed by atoms with Gasteiger partial charge in [-0.3, -0.25) is 19.0 Å². The summed E-state index contributed by atoms with van der Waals surface area (Å²) in [6.07, 6.45) is 18.2. The molecular formula is C53H57N15O5. The van der Waals surface area contributed by atoms with Crippen LogP contribution in [0, 0.1) is 11.3 Å². The molecule has 73 heavy (non-hydrogen) atoms. The Bertz CT molecular complexity index is 3110. The third-order valence-electron chi connectivity index (χ3n) is 13.3. The van der Waals surface area contributed by atoms with E-state index in [1.54, 1.807) is 42.9 Å². The van der Waals surface area contributed by atoms with Crippen molar-refractivity contribution in [1.82, 2.24) is 59.8 Å². The third kappa shape index (κ3) is 11.5. The lowest BCUT2D eigenvalue weighted by Crippen LogP contribution is -2.54. The number of Topliss-reactive ketones (excluding diaryl/α,β-unsaturated/α-hetero) is 1. The van der Waals surface area contributed by atoms with Crippen molar-refractivity contribution in [3.8, 4) is 40.2 Å². The predicted octanol–water partition coefficient (Wildman–Crippen LogP) is 7.32. The third-order valence-corrected chi connectivity index (χ3v) is 13.3. The average molecular weight is 984 g/mol. The predicted molar refractivity (Wildman–Crippen MR) is 269 cm³/mol. The topological polar surface area (TPSA) is 229 Å². The molecule has 2 aliphatic rings. The van der Waals surface area contributed by atoms with Gasteiger partial charge in [0.05, 0.1) is 47.8 Å². The number of carbonyl (C=O) groups is 3. The van der Waals surface area contributed by atoms with Gasteiger partial charge in [-0.25, -0.2) is 29.7 Å². The number of amides is 1. The summed E-state index contributed by atoms with van der Waals surface area (Å²) in [6.45, 7) is 9.31. The van der Waals surface area contributed by atoms with Crippen molar-refractivity contribution < 1.29 is 23.9 Å². The van der Waals surface area contributed by atoms with E-state index in [0.29, 0.717) is 88.9 Å². The number of anilines is 2. The van der Waals surface area contributed by atoms with Gasteiger partial charge in [0, 0.05) is 99.1 Å². The maximum absolute atomic E-state index is 13.5. The molecule has 0 N–H and O–H groups in total. The van der Waals surface area contributed by atoms with Gasteiger partial charge < -0.3 is 24.2 Å². The minimum Gasteiger partial charge on any atom is -0.465 e. The quantitative estimate of drug-likeness (QED) is 0.0538. The van der Waals surface area contributed by atoms with Gasteiger partial charge in [-0.15, -0.1) is 10.2 Å². The van der Waals surface area contributed by atoms with Crippen molar-refractivity contribution >= 4 is 29.4 Å². The molecule has 8 heterocycles. The van der Waals surface area contributed by atoms with Gasteiger partial charge in [-0.2, -0.15) is 5.26 Å². The summed E-state index contributed by atoms with van der Waals surface area (Å²) in [6, 6.07) is 20.1. The second-order valence-corrected chi connectivity index (χ2v) is 18.8. The molecule has 0 saturated carbocycles. The molecule has 374 valence electrons. The summed E-state index contributed by atoms with van der Waals surface area (Å²) < 4.78 is 14.3. The van der Waals surface area contributed by atoms with Crippen LogP contribution in [0.15, 0.2) is 97.8 Å². The smallest absolute Gasteiger partial charge is 0.339 e. The first-order chi connectivity index (χ1) is 35.5. The van der Waals surface area contributed by atoms with Gasteiger partial charge in [-0.05, 0) is 70.0 Å². The van der Waals surface area contributed by atoms with E-state index >= 15 is 0 Å². The first-order valence-electron chi connectivity index (χ1n) is 24.6. The maximum atomic E-state index is 13.5. The standard InChI is InChI=1S/C53H57N15O5/c1-36-32-64(52-57-30-40(31-58-52)44-19-18-43-49(70)53(2,3)68(50(43)59-44)33-39-15-13-21-55-45(39)28-54)24-25-67(36)48(69)27-41-34-65(62-60-41)22-10-8-6-5-7-9-11-23-66-35-46(61-63-66)37-14-12-16-42(26-37)73-47-20-17-38(29-56-47)51(71)72-4/h12-21,26,29-31,34-36H,5-11,22-25,27,32-33H2,1-4H3/t36-/m1/s1. The summed E-state index contributed by atoms with van der Waals surface area (Å²) >= 11 is 0. The molecule has 0 radical (unpaired) electrons. The van der Waals surface area contributed by atoms with E-state index in [1.807, 2.05) is 88.7 Å². The Morgan fingerprint density at radius 3 is 2.29 bits per heavy atom. The van der Waals surface area contributed by atoms with Crippen LogP contribution >= 0.6 is 0 Å². The number of ether oxygens (including phenoxy) is 2. The number of piperazine rings is 1. The Balaban J connectivity index is 0.663. The van der Waals surface area contributed by atoms with Crippen molar-refractivity contribution in [2.24, 2.45) is 0 Å². The van der Waals surface area contributed by atoms with Crippen molar-refractivity contribution in [3.63, 3.8) is 0 Å². The number of methoxy groups -OCH3 is 1. The van der Waals surface area contributed by atoms with Crippen LogP contribution in [0.1, 0.15) is 103 Å². The Morgan fingerprint density at radius 2 is 1.56 bits per heavy atom. The average Bonchev–Trinajstić information content (AvgIpc) is 4.13. The normalized spacial score (nSPS) is 15.0. The lowest BCUT2D eigenvalue weighted by Gasteiger charge is -2.39. The van der Waals surface area contributed by atoms with Crippen LogP contribution in [0.25, 0.3) is 22.5 Å². The summed E-state index contributed by atoms with van der Waals surface area (Å²) in [7, 11) is 1.33. The number of nitriles is 1. The molecule has 1 aromatic carbocycles. The molecule has 6 aromatic heterocycles. The number of nitrogens with zero attached hydrogens (tertiary/aromatic N) is 15. The zero-order valence-corrected chi connectivity index (χ0v) is 41.5. The molecule has 0 aliphatic carbocycles. The van der Waals surface area contributed by atoms with Gasteiger partial charge in [0.2, 0.25) is 17.7 Å². The van der Waals surface area contributed by atoms with E-state index < -0.39 is 11.5 Å². The van der Waals surface area contributed by atoms with E-state index in [1.165, 1.54) is 13.3 Å². The summed E-state index contributed by atoms with van der Waals surface area (Å²) in [4.78, 5) is 67.3. The molecule has 1 amide bonds. The maximum Gasteiger partial charge on any atom is 0.339 e. The summed E-state index contributed by atoms with van der Waals surface area (Å²) in [5.41, 5.74) is 4.68. The lowest BCUT2D eigenvalue weighted by molar-refractivity contribution is -0.132. The Kier molecular flexibility index (Phi) is 15.1. The zero-order valence-electron chi connectivity index (χ0n) is 41.5. The number of hydrogen-bond donors (Lipinski definition) is 0. The number of unbranched alkanes of at least 4 members (excludes halogenated alkanes) is 6. The molecule has 0 bridgehead atoms. The van der Waals surface area contributed by atoms with E-state index in [0.717, 1.165) is 69.3 Å². The second kappa shape index (κ2) is 22.3. The molecule has 1 saturated heterocycles. The van der Waals surface area contributed by atoms with Crippen molar-refractivity contribution in [2.75, 3.05) is 36.5 Å². The number of ketones is 1. The van der Waals surface area contributed by atoms with Crippen LogP contribution in [0.3, 0.4) is 0 Å². The zero-order chi connectivity index (χ0) is 50.9. The minimum absolute atomic E-state index is 0.0161. The van der Waals surface area contributed by atoms with E-state index in [-0.39, 0.29) is 24.2 Å². The highest BCUT2D eigenvalue weighted by molar-refractivity contribution is 6.13. The number of pyridine rings is 3. The fourth-order valence-corrected chi connectivity index (χ4v) is 9.22. The summed E-state index contributed by atoms with van der Waals surface area (Å²) in [5, 5.41) is 27.0. The minimum atomic E-state index is -0.865. The SMILES string of the molecule is COC(=O)c1ccc(Oc2cccc(-c3cn(CCCCCCCCCn4cc(CC(=O)N5CCN(c6ncc(-c7ccc8c(n7)N(Cc7cccnc7C#N)C(C)(C)C8=O)cn6)C[C@H]5C)nn4)nn3)c2)nc1. The van der Waals surface area contributed by atoms with E-state index in [2.05, 4.69) is 41.6 Å². The van der Waals surface area contributed by atoms with Crippen LogP contribution in [-0.2, 0) is 35.6 Å². The molecule has 2 aliphatic heterocycles. The van der Waals surface area contributed by atoms with E-state index in [9.17, 15) is 19.6 Å². The summed E-state index contributed by atoms with van der Waals surface area (Å²) in [5.74, 6) is 1.60. The van der Waals surface area contributed by atoms with Crippen LogP contribution in [-0.4, -0.2) is 116 Å². The number of rotatable bonds is 20. The number of esters is 1. The monoisotopic (exact) mass is 983 g/mol. The molecule has 0 unspecified atom stereocenters. The van der Waals surface area contributed by atoms with Crippen molar-refractivity contribution in [1.29, 1.82) is 5.26 Å². The van der Waals surface area contributed by atoms with Gasteiger partial charge in [0.1, 0.15) is 29.0 Å². The molecule has 0 spiro atoms. The largest absolute Gasteiger partial charge is 0.465 e. The van der Waals surface area contributed by atoms with Gasteiger partial charge in [0.15, 0.2) is 5.78 Å². The first-order valence-corrected chi connectivity index (χ1v) is 24.6. The lowest BCUT2D eigenvalue weighted by atomic mass is 9.97. The number of aryl methyl sites for hydroxylation is 2. The molecule has 7 aromatic rings.